The van der Waals surface area contributed by atoms with Gasteiger partial charge in [0.2, 0.25) is 10.0 Å². The van der Waals surface area contributed by atoms with Gasteiger partial charge in [-0.3, -0.25) is 0 Å². The Kier molecular flexibility index (Phi) is 4.72. The average Bonchev–Trinajstić information content (AvgIpc) is 2.45. The molecule has 0 aliphatic rings. The van der Waals surface area contributed by atoms with E-state index in [-0.39, 0.29) is 11.4 Å². The van der Waals surface area contributed by atoms with Crippen LogP contribution in [0.3, 0.4) is 0 Å². The number of anilines is 1. The Morgan fingerprint density at radius 1 is 1.24 bits per heavy atom. The molecular weight excluding hydrogens is 312 g/mol. The Morgan fingerprint density at radius 2 is 2.00 bits per heavy atom. The first kappa shape index (κ1) is 15.6. The van der Waals surface area contributed by atoms with Crippen LogP contribution >= 0.6 is 11.6 Å². The van der Waals surface area contributed by atoms with Gasteiger partial charge in [0.1, 0.15) is 5.75 Å². The number of nitrogens with two attached hydrogens (primary N) is 1. The van der Waals surface area contributed by atoms with Gasteiger partial charge in [0.25, 0.3) is 0 Å². The number of benzene rings is 2. The maximum absolute atomic E-state index is 12.1. The predicted octanol–water partition coefficient (Wildman–Crippen LogP) is 2.41. The number of rotatable bonds is 5. The Morgan fingerprint density at radius 3 is 2.62 bits per heavy atom. The lowest BCUT2D eigenvalue weighted by Crippen LogP contribution is -2.23. The van der Waals surface area contributed by atoms with E-state index in [0.29, 0.717) is 16.5 Å². The van der Waals surface area contributed by atoms with Crippen LogP contribution in [-0.2, 0) is 16.6 Å². The summed E-state index contributed by atoms with van der Waals surface area (Å²) in [5.74, 6) is 0.552. The highest BCUT2D eigenvalue weighted by molar-refractivity contribution is 7.89. The van der Waals surface area contributed by atoms with Crippen LogP contribution in [0.15, 0.2) is 47.4 Å². The number of sulfonamides is 1. The second kappa shape index (κ2) is 6.34. The zero-order chi connectivity index (χ0) is 15.5. The molecule has 2 aromatic carbocycles. The molecule has 0 radical (unpaired) electrons. The van der Waals surface area contributed by atoms with Crippen molar-refractivity contribution in [2.75, 3.05) is 12.8 Å². The van der Waals surface area contributed by atoms with Gasteiger partial charge in [-0.05, 0) is 35.9 Å². The molecule has 5 nitrogen and oxygen atoms in total. The molecule has 0 amide bonds. The Balaban J connectivity index is 2.13. The van der Waals surface area contributed by atoms with E-state index in [1.807, 2.05) is 0 Å². The second-order valence-electron chi connectivity index (χ2n) is 4.36. The third-order valence-corrected chi connectivity index (χ3v) is 4.50. The van der Waals surface area contributed by atoms with E-state index in [2.05, 4.69) is 4.72 Å². The largest absolute Gasteiger partial charge is 0.495 e. The lowest BCUT2D eigenvalue weighted by atomic mass is 10.2. The minimum atomic E-state index is -3.62. The molecule has 2 rings (SSSR count). The highest BCUT2D eigenvalue weighted by Crippen LogP contribution is 2.22. The van der Waals surface area contributed by atoms with E-state index in [1.54, 1.807) is 30.3 Å². The van der Waals surface area contributed by atoms with Crippen molar-refractivity contribution in [1.82, 2.24) is 4.72 Å². The standard InChI is InChI=1S/C14H15ClN2O3S/c1-20-14-6-5-10(7-13(14)16)9-17-21(18,19)12-4-2-3-11(15)8-12/h2-8,17H,9,16H2,1H3. The molecular formula is C14H15ClN2O3S. The highest BCUT2D eigenvalue weighted by atomic mass is 35.5. The Hall–Kier alpha value is -1.76. The number of ether oxygens (including phenoxy) is 1. The highest BCUT2D eigenvalue weighted by Gasteiger charge is 2.14. The Labute approximate surface area is 128 Å². The fourth-order valence-corrected chi connectivity index (χ4v) is 3.11. The van der Waals surface area contributed by atoms with Crippen molar-refractivity contribution in [3.63, 3.8) is 0 Å². The zero-order valence-electron chi connectivity index (χ0n) is 11.3. The normalized spacial score (nSPS) is 11.3. The molecule has 0 bridgehead atoms. The number of hydrogen-bond acceptors (Lipinski definition) is 4. The van der Waals surface area contributed by atoms with Gasteiger partial charge in [0.15, 0.2) is 0 Å². The molecule has 0 unspecified atom stereocenters. The molecule has 0 heterocycles. The summed E-state index contributed by atoms with van der Waals surface area (Å²) in [5.41, 5.74) is 6.97. The first-order valence-corrected chi connectivity index (χ1v) is 7.96. The molecule has 0 aliphatic carbocycles. The van der Waals surface area contributed by atoms with Gasteiger partial charge in [-0.1, -0.05) is 23.7 Å². The van der Waals surface area contributed by atoms with Gasteiger partial charge in [-0.2, -0.15) is 0 Å². The molecule has 21 heavy (non-hydrogen) atoms. The van der Waals surface area contributed by atoms with Gasteiger partial charge >= 0.3 is 0 Å². The van der Waals surface area contributed by atoms with E-state index in [9.17, 15) is 8.42 Å². The molecule has 2 aromatic rings. The molecule has 0 atom stereocenters. The van der Waals surface area contributed by atoms with Crippen molar-refractivity contribution in [2.24, 2.45) is 0 Å². The number of hydrogen-bond donors (Lipinski definition) is 2. The summed E-state index contributed by atoms with van der Waals surface area (Å²) in [5, 5.41) is 0.367. The molecule has 0 spiro atoms. The predicted molar refractivity (Wildman–Crippen MR) is 82.9 cm³/mol. The van der Waals surface area contributed by atoms with E-state index in [0.717, 1.165) is 5.56 Å². The second-order valence-corrected chi connectivity index (χ2v) is 6.56. The van der Waals surface area contributed by atoms with Gasteiger partial charge in [-0.25, -0.2) is 13.1 Å². The summed E-state index contributed by atoms with van der Waals surface area (Å²) in [6.07, 6.45) is 0. The van der Waals surface area contributed by atoms with Crippen LogP contribution in [-0.4, -0.2) is 15.5 Å². The summed E-state index contributed by atoms with van der Waals surface area (Å²) in [4.78, 5) is 0.122. The van der Waals surface area contributed by atoms with Crippen molar-refractivity contribution in [3.8, 4) is 5.75 Å². The maximum Gasteiger partial charge on any atom is 0.240 e. The van der Waals surface area contributed by atoms with Crippen LogP contribution in [0, 0.1) is 0 Å². The van der Waals surface area contributed by atoms with Crippen molar-refractivity contribution >= 4 is 27.3 Å². The average molecular weight is 327 g/mol. The topological polar surface area (TPSA) is 81.4 Å². The lowest BCUT2D eigenvalue weighted by Gasteiger charge is -2.09. The summed E-state index contributed by atoms with van der Waals surface area (Å²) >= 11 is 5.80. The van der Waals surface area contributed by atoms with Crippen molar-refractivity contribution in [1.29, 1.82) is 0 Å². The molecule has 0 aliphatic heterocycles. The fraction of sp³-hybridized carbons (Fsp3) is 0.143. The molecule has 0 saturated carbocycles. The van der Waals surface area contributed by atoms with E-state index in [1.165, 1.54) is 19.2 Å². The van der Waals surface area contributed by atoms with E-state index >= 15 is 0 Å². The minimum Gasteiger partial charge on any atom is -0.495 e. The summed E-state index contributed by atoms with van der Waals surface area (Å²) in [7, 11) is -2.09. The van der Waals surface area contributed by atoms with Gasteiger partial charge in [0, 0.05) is 11.6 Å². The van der Waals surface area contributed by atoms with Crippen molar-refractivity contribution < 1.29 is 13.2 Å². The van der Waals surface area contributed by atoms with Gasteiger partial charge < -0.3 is 10.5 Å². The first-order valence-electron chi connectivity index (χ1n) is 6.10. The monoisotopic (exact) mass is 326 g/mol. The summed E-state index contributed by atoms with van der Waals surface area (Å²) in [6.45, 7) is 0.128. The molecule has 0 fully saturated rings. The maximum atomic E-state index is 12.1. The zero-order valence-corrected chi connectivity index (χ0v) is 12.9. The van der Waals surface area contributed by atoms with Gasteiger partial charge in [-0.15, -0.1) is 0 Å². The summed E-state index contributed by atoms with van der Waals surface area (Å²) < 4.78 is 31.8. The van der Waals surface area contributed by atoms with Crippen LogP contribution in [0.4, 0.5) is 5.69 Å². The van der Waals surface area contributed by atoms with E-state index in [4.69, 9.17) is 22.1 Å². The number of methoxy groups -OCH3 is 1. The number of halogens is 1. The van der Waals surface area contributed by atoms with Crippen LogP contribution in [0.1, 0.15) is 5.56 Å². The smallest absolute Gasteiger partial charge is 0.240 e. The van der Waals surface area contributed by atoms with E-state index < -0.39 is 10.0 Å². The van der Waals surface area contributed by atoms with Gasteiger partial charge in [0.05, 0.1) is 17.7 Å². The number of nitrogens with one attached hydrogen (secondary N) is 1. The quantitative estimate of drug-likeness (QED) is 0.827. The lowest BCUT2D eigenvalue weighted by molar-refractivity contribution is 0.417. The molecule has 0 aromatic heterocycles. The molecule has 112 valence electrons. The van der Waals surface area contributed by atoms with Crippen LogP contribution in [0.5, 0.6) is 5.75 Å². The van der Waals surface area contributed by atoms with Crippen LogP contribution in [0.25, 0.3) is 0 Å². The van der Waals surface area contributed by atoms with Crippen LogP contribution in [0.2, 0.25) is 5.02 Å². The molecule has 3 N–H and O–H groups in total. The fourth-order valence-electron chi connectivity index (χ4n) is 1.79. The minimum absolute atomic E-state index is 0.122. The SMILES string of the molecule is COc1ccc(CNS(=O)(=O)c2cccc(Cl)c2)cc1N. The third kappa shape index (κ3) is 3.87. The van der Waals surface area contributed by atoms with Crippen molar-refractivity contribution in [3.05, 3.63) is 53.1 Å². The number of nitrogen functional groups attached to an aromatic ring is 1. The molecule has 0 saturated heterocycles. The van der Waals surface area contributed by atoms with Crippen molar-refractivity contribution in [2.45, 2.75) is 11.4 Å². The van der Waals surface area contributed by atoms with Crippen LogP contribution < -0.4 is 15.2 Å². The molecule has 7 heteroatoms. The first-order chi connectivity index (χ1) is 9.92. The summed E-state index contributed by atoms with van der Waals surface area (Å²) in [6, 6.07) is 11.2. The Bertz CT molecular complexity index is 748. The third-order valence-electron chi connectivity index (χ3n) is 2.87.